The first-order valence-electron chi connectivity index (χ1n) is 7.45. The number of nitrogens with zero attached hydrogens (tertiary/aromatic N) is 3. The van der Waals surface area contributed by atoms with Crippen molar-refractivity contribution in [3.63, 3.8) is 0 Å². The number of aromatic amines is 1. The highest BCUT2D eigenvalue weighted by atomic mass is 32.2. The van der Waals surface area contributed by atoms with Crippen LogP contribution in [0.25, 0.3) is 11.2 Å². The van der Waals surface area contributed by atoms with Gasteiger partial charge >= 0.3 is 5.69 Å². The van der Waals surface area contributed by atoms with E-state index >= 15 is 0 Å². The van der Waals surface area contributed by atoms with Crippen LogP contribution in [0.2, 0.25) is 0 Å². The fourth-order valence-corrected chi connectivity index (χ4v) is 3.34. The molecule has 23 heavy (non-hydrogen) atoms. The van der Waals surface area contributed by atoms with E-state index in [2.05, 4.69) is 9.97 Å². The van der Waals surface area contributed by atoms with E-state index < -0.39 is 5.69 Å². The summed E-state index contributed by atoms with van der Waals surface area (Å²) in [4.78, 5) is 31.9. The van der Waals surface area contributed by atoms with Crippen LogP contribution in [0.15, 0.2) is 43.9 Å². The number of aryl methyl sites for hydroxylation is 3. The van der Waals surface area contributed by atoms with Gasteiger partial charge in [-0.05, 0) is 25.5 Å². The van der Waals surface area contributed by atoms with E-state index in [0.717, 1.165) is 16.5 Å². The van der Waals surface area contributed by atoms with Crippen LogP contribution in [0.1, 0.15) is 18.9 Å². The predicted molar refractivity (Wildman–Crippen MR) is 91.2 cm³/mol. The van der Waals surface area contributed by atoms with Gasteiger partial charge in [0.25, 0.3) is 5.56 Å². The van der Waals surface area contributed by atoms with E-state index in [1.165, 1.54) is 21.9 Å². The third-order valence-corrected chi connectivity index (χ3v) is 4.65. The molecule has 0 bridgehead atoms. The molecule has 0 radical (unpaired) electrons. The third-order valence-electron chi connectivity index (χ3n) is 3.65. The molecular formula is C16H18N4O2S. The number of rotatable bonds is 4. The van der Waals surface area contributed by atoms with Gasteiger partial charge in [0.05, 0.1) is 0 Å². The van der Waals surface area contributed by atoms with Crippen LogP contribution in [0.5, 0.6) is 0 Å². The fourth-order valence-electron chi connectivity index (χ4n) is 2.44. The lowest BCUT2D eigenvalue weighted by Crippen LogP contribution is -2.29. The zero-order valence-corrected chi connectivity index (χ0v) is 14.1. The van der Waals surface area contributed by atoms with Crippen molar-refractivity contribution in [2.24, 2.45) is 7.05 Å². The molecule has 7 heteroatoms. The van der Waals surface area contributed by atoms with Gasteiger partial charge in [0.2, 0.25) is 0 Å². The van der Waals surface area contributed by atoms with Crippen molar-refractivity contribution >= 4 is 22.9 Å². The second-order valence-corrected chi connectivity index (χ2v) is 6.49. The summed E-state index contributed by atoms with van der Waals surface area (Å²) in [5.41, 5.74) is 1.22. The Balaban J connectivity index is 2.19. The summed E-state index contributed by atoms with van der Waals surface area (Å²) >= 11 is 1.50. The average Bonchev–Trinajstić information content (AvgIpc) is 2.87. The SMILES string of the molecule is CCCn1c(Sc2ccc(C)cc2)nc2c1c(=O)[nH]c(=O)n2C. The number of benzene rings is 1. The minimum absolute atomic E-state index is 0.389. The van der Waals surface area contributed by atoms with Crippen LogP contribution in [-0.2, 0) is 13.6 Å². The molecule has 0 saturated heterocycles. The number of H-pyrrole nitrogens is 1. The van der Waals surface area contributed by atoms with Crippen LogP contribution >= 0.6 is 11.8 Å². The maximum Gasteiger partial charge on any atom is 0.329 e. The normalized spacial score (nSPS) is 11.3. The molecule has 1 aromatic carbocycles. The Morgan fingerprint density at radius 1 is 1.22 bits per heavy atom. The van der Waals surface area contributed by atoms with Crippen LogP contribution in [0.4, 0.5) is 0 Å². The standard InChI is InChI=1S/C16H18N4O2S/c1-4-9-20-12-13(19(3)15(22)18-14(12)21)17-16(20)23-11-7-5-10(2)6-8-11/h5-8H,4,9H2,1-3H3,(H,18,21,22). The molecule has 0 amide bonds. The number of aromatic nitrogens is 4. The predicted octanol–water partition coefficient (Wildman–Crippen LogP) is 2.29. The van der Waals surface area contributed by atoms with Gasteiger partial charge in [0, 0.05) is 18.5 Å². The van der Waals surface area contributed by atoms with Crippen molar-refractivity contribution in [1.29, 1.82) is 0 Å². The van der Waals surface area contributed by atoms with Crippen molar-refractivity contribution in [2.75, 3.05) is 0 Å². The van der Waals surface area contributed by atoms with Crippen molar-refractivity contribution in [3.8, 4) is 0 Å². The number of nitrogens with one attached hydrogen (secondary N) is 1. The molecule has 3 aromatic rings. The molecule has 0 atom stereocenters. The Hall–Kier alpha value is -2.28. The highest BCUT2D eigenvalue weighted by molar-refractivity contribution is 7.99. The molecule has 2 heterocycles. The second kappa shape index (κ2) is 6.08. The lowest BCUT2D eigenvalue weighted by Gasteiger charge is -2.06. The van der Waals surface area contributed by atoms with Crippen molar-refractivity contribution < 1.29 is 0 Å². The molecule has 3 rings (SSSR count). The number of imidazole rings is 1. The van der Waals surface area contributed by atoms with Crippen molar-refractivity contribution in [2.45, 2.75) is 36.9 Å². The molecule has 0 aliphatic heterocycles. The summed E-state index contributed by atoms with van der Waals surface area (Å²) in [6.07, 6.45) is 0.870. The average molecular weight is 330 g/mol. The molecular weight excluding hydrogens is 312 g/mol. The monoisotopic (exact) mass is 330 g/mol. The molecule has 0 unspecified atom stereocenters. The first kappa shape index (κ1) is 15.6. The molecule has 0 fully saturated rings. The van der Waals surface area contributed by atoms with E-state index in [1.807, 2.05) is 42.7 Å². The van der Waals surface area contributed by atoms with Crippen LogP contribution in [-0.4, -0.2) is 19.1 Å². The van der Waals surface area contributed by atoms with Gasteiger partial charge in [0.1, 0.15) is 0 Å². The molecule has 0 spiro atoms. The Morgan fingerprint density at radius 2 is 1.91 bits per heavy atom. The van der Waals surface area contributed by atoms with E-state index in [1.54, 1.807) is 7.05 Å². The van der Waals surface area contributed by atoms with Crippen molar-refractivity contribution in [3.05, 3.63) is 50.7 Å². The maximum absolute atomic E-state index is 12.2. The Morgan fingerprint density at radius 3 is 2.57 bits per heavy atom. The largest absolute Gasteiger partial charge is 0.329 e. The second-order valence-electron chi connectivity index (χ2n) is 5.45. The molecule has 0 aliphatic rings. The van der Waals surface area contributed by atoms with Gasteiger partial charge in [-0.15, -0.1) is 0 Å². The Labute approximate surface area is 137 Å². The van der Waals surface area contributed by atoms with Gasteiger partial charge in [-0.2, -0.15) is 0 Å². The Bertz CT molecular complexity index is 967. The highest BCUT2D eigenvalue weighted by Crippen LogP contribution is 2.29. The van der Waals surface area contributed by atoms with E-state index in [4.69, 9.17) is 0 Å². The van der Waals surface area contributed by atoms with Gasteiger partial charge < -0.3 is 4.57 Å². The number of hydrogen-bond donors (Lipinski definition) is 1. The minimum atomic E-state index is -0.449. The van der Waals surface area contributed by atoms with Crippen molar-refractivity contribution in [1.82, 2.24) is 19.1 Å². The van der Waals surface area contributed by atoms with Gasteiger partial charge in [0.15, 0.2) is 16.3 Å². The minimum Gasteiger partial charge on any atom is -0.313 e. The van der Waals surface area contributed by atoms with Gasteiger partial charge in [-0.3, -0.25) is 14.3 Å². The summed E-state index contributed by atoms with van der Waals surface area (Å²) in [6.45, 7) is 4.75. The van der Waals surface area contributed by atoms with Crippen LogP contribution < -0.4 is 11.2 Å². The lowest BCUT2D eigenvalue weighted by atomic mass is 10.2. The molecule has 120 valence electrons. The summed E-state index contributed by atoms with van der Waals surface area (Å²) in [5, 5.41) is 0.720. The summed E-state index contributed by atoms with van der Waals surface area (Å²) in [7, 11) is 1.62. The molecule has 1 N–H and O–H groups in total. The first-order valence-corrected chi connectivity index (χ1v) is 8.27. The Kier molecular flexibility index (Phi) is 4.12. The molecule has 2 aromatic heterocycles. The van der Waals surface area contributed by atoms with E-state index in [9.17, 15) is 9.59 Å². The summed E-state index contributed by atoms with van der Waals surface area (Å²) in [6, 6.07) is 8.13. The lowest BCUT2D eigenvalue weighted by molar-refractivity contribution is 0.636. The molecule has 0 aliphatic carbocycles. The van der Waals surface area contributed by atoms with E-state index in [0.29, 0.717) is 17.7 Å². The van der Waals surface area contributed by atoms with E-state index in [-0.39, 0.29) is 5.56 Å². The first-order chi connectivity index (χ1) is 11.0. The van der Waals surface area contributed by atoms with Crippen LogP contribution in [0, 0.1) is 6.92 Å². The summed E-state index contributed by atoms with van der Waals surface area (Å²) in [5.74, 6) is 0. The maximum atomic E-state index is 12.2. The fraction of sp³-hybridized carbons (Fsp3) is 0.312. The van der Waals surface area contributed by atoms with Gasteiger partial charge in [-0.1, -0.05) is 36.4 Å². The molecule has 0 saturated carbocycles. The number of hydrogen-bond acceptors (Lipinski definition) is 4. The smallest absolute Gasteiger partial charge is 0.313 e. The zero-order chi connectivity index (χ0) is 16.6. The van der Waals surface area contributed by atoms with Gasteiger partial charge in [-0.25, -0.2) is 9.78 Å². The van der Waals surface area contributed by atoms with Crippen LogP contribution in [0.3, 0.4) is 0 Å². The zero-order valence-electron chi connectivity index (χ0n) is 13.3. The quantitative estimate of drug-likeness (QED) is 0.796. The molecule has 6 nitrogen and oxygen atoms in total. The third kappa shape index (κ3) is 2.84. The summed E-state index contributed by atoms with van der Waals surface area (Å²) < 4.78 is 3.26. The highest BCUT2D eigenvalue weighted by Gasteiger charge is 2.17. The number of fused-ring (bicyclic) bond motifs is 1. The topological polar surface area (TPSA) is 72.7 Å².